The van der Waals surface area contributed by atoms with E-state index in [1.54, 1.807) is 24.3 Å². The quantitative estimate of drug-likeness (QED) is 0.0877. The molecule has 0 saturated heterocycles. The van der Waals surface area contributed by atoms with E-state index in [9.17, 15) is 22.8 Å². The number of nitrogens with two attached hydrogens (primary N) is 1. The second kappa shape index (κ2) is 13.2. The molecule has 5 rings (SSSR count). The fraction of sp³-hybridized carbons (Fsp3) is 0.133. The van der Waals surface area contributed by atoms with Crippen molar-refractivity contribution in [2.75, 3.05) is 5.32 Å². The smallest absolute Gasteiger partial charge is 0.332 e. The third-order valence-electron chi connectivity index (χ3n) is 6.42. The number of amidine groups is 1. The van der Waals surface area contributed by atoms with Gasteiger partial charge in [-0.25, -0.2) is 22.9 Å². The number of hydrogen-bond acceptors (Lipinski definition) is 10. The Bertz CT molecular complexity index is 2020. The zero-order valence-corrected chi connectivity index (χ0v) is 25.6. The van der Waals surface area contributed by atoms with E-state index in [-0.39, 0.29) is 28.5 Å². The van der Waals surface area contributed by atoms with E-state index in [0.29, 0.717) is 16.1 Å². The molecule has 0 aliphatic heterocycles. The molecule has 0 spiro atoms. The average molecular weight is 646 g/mol. The first kappa shape index (κ1) is 31.2. The van der Waals surface area contributed by atoms with Crippen molar-refractivity contribution >= 4 is 60.9 Å². The van der Waals surface area contributed by atoms with Crippen LogP contribution >= 0.6 is 11.3 Å². The molecule has 3 aromatic carbocycles. The van der Waals surface area contributed by atoms with Gasteiger partial charge in [-0.3, -0.25) is 9.59 Å². The number of hydrogen-bond donors (Lipinski definition) is 3. The van der Waals surface area contributed by atoms with Gasteiger partial charge in [-0.2, -0.15) is 9.78 Å². The standard InChI is InChI=1S/C30H27N7O6S2/c1-18(38)37-26(13-14-32-37)29(40)33-22-9-6-10-23(17-22)45(41,42)36-25(30-34-24-11-3-4-12-27(24)44-30)16-20-7-5-8-21(15-20)28(31)35-43-19(2)39/h3-15,17,25,36H,16H2,1-2H3,(H2,31,35)(H,33,40). The number of para-hydroxylation sites is 1. The van der Waals surface area contributed by atoms with Gasteiger partial charge in [0.2, 0.25) is 15.9 Å². The van der Waals surface area contributed by atoms with Crippen molar-refractivity contribution in [3.63, 3.8) is 0 Å². The van der Waals surface area contributed by atoms with E-state index in [4.69, 9.17) is 10.7 Å². The van der Waals surface area contributed by atoms with Gasteiger partial charge >= 0.3 is 5.97 Å². The van der Waals surface area contributed by atoms with Gasteiger partial charge in [-0.1, -0.05) is 41.6 Å². The van der Waals surface area contributed by atoms with Gasteiger partial charge in [0.15, 0.2) is 5.84 Å². The predicted octanol–water partition coefficient (Wildman–Crippen LogP) is 3.85. The van der Waals surface area contributed by atoms with Crippen molar-refractivity contribution in [1.29, 1.82) is 0 Å². The lowest BCUT2D eigenvalue weighted by molar-refractivity contribution is -0.140. The topological polar surface area (TPSA) is 188 Å². The maximum atomic E-state index is 13.8. The monoisotopic (exact) mass is 645 g/mol. The van der Waals surface area contributed by atoms with Gasteiger partial charge in [0.05, 0.1) is 27.4 Å². The van der Waals surface area contributed by atoms with Crippen molar-refractivity contribution in [3.05, 3.63) is 107 Å². The van der Waals surface area contributed by atoms with Gasteiger partial charge in [-0.15, -0.1) is 11.3 Å². The zero-order valence-electron chi connectivity index (χ0n) is 24.0. The van der Waals surface area contributed by atoms with Crippen LogP contribution in [0.1, 0.15) is 51.3 Å². The third-order valence-corrected chi connectivity index (χ3v) is 9.04. The number of sulfonamides is 1. The number of aromatic nitrogens is 3. The highest BCUT2D eigenvalue weighted by Crippen LogP contribution is 2.30. The molecule has 2 heterocycles. The van der Waals surface area contributed by atoms with Crippen LogP contribution in [0.15, 0.2) is 95.1 Å². The molecule has 45 heavy (non-hydrogen) atoms. The number of amides is 1. The lowest BCUT2D eigenvalue weighted by Gasteiger charge is -2.18. The van der Waals surface area contributed by atoms with E-state index in [2.05, 4.69) is 25.1 Å². The Morgan fingerprint density at radius 2 is 1.80 bits per heavy atom. The van der Waals surface area contributed by atoms with Crippen molar-refractivity contribution in [3.8, 4) is 0 Å². The summed E-state index contributed by atoms with van der Waals surface area (Å²) in [6.45, 7) is 2.47. The number of nitrogens with one attached hydrogen (secondary N) is 2. The van der Waals surface area contributed by atoms with Crippen molar-refractivity contribution in [2.24, 2.45) is 10.9 Å². The fourth-order valence-corrected chi connectivity index (χ4v) is 6.73. The number of oxime groups is 1. The number of fused-ring (bicyclic) bond motifs is 1. The Hall–Kier alpha value is -5.25. The Morgan fingerprint density at radius 1 is 1.02 bits per heavy atom. The molecule has 0 aliphatic carbocycles. The first-order valence-corrected chi connectivity index (χ1v) is 15.7. The van der Waals surface area contributed by atoms with Crippen molar-refractivity contribution in [1.82, 2.24) is 19.5 Å². The maximum absolute atomic E-state index is 13.8. The van der Waals surface area contributed by atoms with E-state index in [1.807, 2.05) is 24.3 Å². The molecular weight excluding hydrogens is 619 g/mol. The van der Waals surface area contributed by atoms with Gasteiger partial charge in [0, 0.05) is 25.1 Å². The lowest BCUT2D eigenvalue weighted by atomic mass is 10.0. The summed E-state index contributed by atoms with van der Waals surface area (Å²) < 4.78 is 32.1. The third kappa shape index (κ3) is 7.46. The van der Waals surface area contributed by atoms with Gasteiger partial charge in [0.25, 0.3) is 5.91 Å². The summed E-state index contributed by atoms with van der Waals surface area (Å²) in [7, 11) is -4.16. The summed E-state index contributed by atoms with van der Waals surface area (Å²) in [4.78, 5) is 45.0. The summed E-state index contributed by atoms with van der Waals surface area (Å²) >= 11 is 1.36. The molecule has 13 nitrogen and oxygen atoms in total. The van der Waals surface area contributed by atoms with Gasteiger partial charge < -0.3 is 15.9 Å². The van der Waals surface area contributed by atoms with Crippen LogP contribution in [0.2, 0.25) is 0 Å². The molecule has 2 aromatic heterocycles. The van der Waals surface area contributed by atoms with Gasteiger partial charge in [-0.05, 0) is 54.4 Å². The van der Waals surface area contributed by atoms with E-state index in [1.165, 1.54) is 61.7 Å². The van der Waals surface area contributed by atoms with Crippen LogP contribution in [0.3, 0.4) is 0 Å². The fourth-order valence-electron chi connectivity index (χ4n) is 4.40. The molecule has 0 radical (unpaired) electrons. The molecule has 4 N–H and O–H groups in total. The first-order chi connectivity index (χ1) is 21.5. The summed E-state index contributed by atoms with van der Waals surface area (Å²) in [6.07, 6.45) is 1.51. The molecule has 0 bridgehead atoms. The Labute approximate surface area is 261 Å². The number of anilines is 1. The molecule has 15 heteroatoms. The Morgan fingerprint density at radius 3 is 2.56 bits per heavy atom. The number of nitrogens with zero attached hydrogens (tertiary/aromatic N) is 4. The molecular formula is C30H27N7O6S2. The molecule has 230 valence electrons. The highest BCUT2D eigenvalue weighted by atomic mass is 32.2. The predicted molar refractivity (Wildman–Crippen MR) is 168 cm³/mol. The highest BCUT2D eigenvalue weighted by molar-refractivity contribution is 7.89. The second-order valence-electron chi connectivity index (χ2n) is 9.79. The summed E-state index contributed by atoms with van der Waals surface area (Å²) in [6, 6.07) is 20.7. The van der Waals surface area contributed by atoms with Crippen LogP contribution in [-0.2, 0) is 26.1 Å². The number of benzene rings is 3. The number of carbonyl (C=O) groups is 3. The largest absolute Gasteiger partial charge is 0.380 e. The molecule has 1 amide bonds. The summed E-state index contributed by atoms with van der Waals surface area (Å²) in [5.41, 5.74) is 8.11. The first-order valence-electron chi connectivity index (χ1n) is 13.4. The Balaban J connectivity index is 1.44. The van der Waals surface area contributed by atoms with Crippen LogP contribution < -0.4 is 15.8 Å². The van der Waals surface area contributed by atoms with Crippen LogP contribution in [0, 0.1) is 0 Å². The molecule has 5 aromatic rings. The molecule has 0 aliphatic rings. The molecule has 1 unspecified atom stereocenters. The molecule has 1 atom stereocenters. The maximum Gasteiger partial charge on any atom is 0.332 e. The minimum absolute atomic E-state index is 0.00514. The van der Waals surface area contributed by atoms with Crippen LogP contribution in [0.25, 0.3) is 10.2 Å². The van der Waals surface area contributed by atoms with Crippen LogP contribution in [0.4, 0.5) is 5.69 Å². The summed E-state index contributed by atoms with van der Waals surface area (Å²) in [5, 5.41) is 10.6. The van der Waals surface area contributed by atoms with Crippen molar-refractivity contribution in [2.45, 2.75) is 31.2 Å². The summed E-state index contributed by atoms with van der Waals surface area (Å²) in [5.74, 6) is -1.72. The molecule has 0 fully saturated rings. The lowest BCUT2D eigenvalue weighted by Crippen LogP contribution is -2.30. The minimum Gasteiger partial charge on any atom is -0.380 e. The van der Waals surface area contributed by atoms with Crippen LogP contribution in [0.5, 0.6) is 0 Å². The number of carbonyl (C=O) groups excluding carboxylic acids is 3. The number of thiazole rings is 1. The van der Waals surface area contributed by atoms with E-state index in [0.717, 1.165) is 14.9 Å². The second-order valence-corrected chi connectivity index (χ2v) is 12.6. The number of rotatable bonds is 10. The van der Waals surface area contributed by atoms with E-state index >= 15 is 0 Å². The van der Waals surface area contributed by atoms with E-state index < -0.39 is 33.8 Å². The highest BCUT2D eigenvalue weighted by Gasteiger charge is 2.26. The normalized spacial score (nSPS) is 12.5. The zero-order chi connectivity index (χ0) is 32.1. The average Bonchev–Trinajstić information content (AvgIpc) is 3.68. The molecule has 0 saturated carbocycles. The van der Waals surface area contributed by atoms with Crippen LogP contribution in [-0.4, -0.2) is 46.8 Å². The minimum atomic E-state index is -4.16. The Kier molecular flexibility index (Phi) is 9.13. The van der Waals surface area contributed by atoms with Gasteiger partial charge in [0.1, 0.15) is 10.7 Å². The van der Waals surface area contributed by atoms with Crippen molar-refractivity contribution < 1.29 is 27.6 Å². The SMILES string of the molecule is CC(=O)O/N=C(/N)c1cccc(CC(NS(=O)(=O)c2cccc(NC(=O)c3ccnn3C(C)=O)c2)c2nc3ccccc3s2)c1.